The second kappa shape index (κ2) is 7.07. The molecule has 5 rings (SSSR count). The summed E-state index contributed by atoms with van der Waals surface area (Å²) in [5, 5.41) is 14.9. The van der Waals surface area contributed by atoms with E-state index >= 15 is 0 Å². The van der Waals surface area contributed by atoms with Crippen molar-refractivity contribution in [3.05, 3.63) is 78.0 Å². The zero-order valence-electron chi connectivity index (χ0n) is 19.5. The Morgan fingerprint density at radius 2 is 1.85 bits per heavy atom. The molecule has 1 fully saturated rings. The summed E-state index contributed by atoms with van der Waals surface area (Å²) in [6, 6.07) is 12.9. The molecule has 0 unspecified atom stereocenters. The van der Waals surface area contributed by atoms with Crippen LogP contribution in [0.25, 0.3) is 10.9 Å². The number of benzene rings is 2. The first-order valence-electron chi connectivity index (χ1n) is 11.4. The van der Waals surface area contributed by atoms with E-state index in [1.54, 1.807) is 18.3 Å². The van der Waals surface area contributed by atoms with Gasteiger partial charge in [0.05, 0.1) is 16.1 Å². The molecule has 3 aromatic rings. The van der Waals surface area contributed by atoms with Crippen LogP contribution in [0, 0.1) is 18.3 Å². The number of aromatic nitrogens is 1. The summed E-state index contributed by atoms with van der Waals surface area (Å²) >= 11 is 0. The third-order valence-corrected chi connectivity index (χ3v) is 9.86. The van der Waals surface area contributed by atoms with Gasteiger partial charge in [-0.2, -0.15) is 0 Å². The maximum absolute atomic E-state index is 13.7. The molecule has 0 spiro atoms. The molecule has 1 aromatic heterocycles. The van der Waals surface area contributed by atoms with Gasteiger partial charge in [-0.25, -0.2) is 12.4 Å². The molecule has 172 valence electrons. The maximum Gasteiger partial charge on any atom is 0.268 e. The molecule has 3 atom stereocenters. The molecule has 0 aliphatic heterocycles. The van der Waals surface area contributed by atoms with Crippen LogP contribution in [0.4, 0.5) is 0 Å². The van der Waals surface area contributed by atoms with E-state index in [-0.39, 0.29) is 22.1 Å². The topological polar surface area (TPSA) is 71.7 Å². The smallest absolute Gasteiger partial charge is 0.268 e. The highest BCUT2D eigenvalue weighted by Gasteiger charge is 2.53. The number of oxime groups is 1. The summed E-state index contributed by atoms with van der Waals surface area (Å²) in [4.78, 5) is 0.257. The Balaban J connectivity index is 1.83. The van der Waals surface area contributed by atoms with Gasteiger partial charge < -0.3 is 5.21 Å². The molecule has 5 nitrogen and oxygen atoms in total. The van der Waals surface area contributed by atoms with Crippen LogP contribution in [-0.2, 0) is 15.4 Å². The van der Waals surface area contributed by atoms with Crippen LogP contribution in [0.3, 0.4) is 0 Å². The van der Waals surface area contributed by atoms with Gasteiger partial charge in [-0.3, -0.25) is 0 Å². The molecular weight excluding hydrogens is 432 g/mol. The molecule has 0 radical (unpaired) electrons. The molecule has 2 aliphatic rings. The monoisotopic (exact) mass is 462 g/mol. The van der Waals surface area contributed by atoms with Crippen molar-refractivity contribution < 1.29 is 13.6 Å². The summed E-state index contributed by atoms with van der Waals surface area (Å²) in [6.07, 6.45) is 5.40. The van der Waals surface area contributed by atoms with Crippen molar-refractivity contribution in [1.29, 1.82) is 0 Å². The minimum atomic E-state index is -3.80. The Morgan fingerprint density at radius 3 is 2.48 bits per heavy atom. The van der Waals surface area contributed by atoms with Crippen molar-refractivity contribution in [2.75, 3.05) is 0 Å². The summed E-state index contributed by atoms with van der Waals surface area (Å²) in [6.45, 7) is 12.5. The molecule has 0 bridgehead atoms. The zero-order chi connectivity index (χ0) is 23.8. The predicted molar refractivity (Wildman–Crippen MR) is 132 cm³/mol. The Bertz CT molecular complexity index is 1410. The van der Waals surface area contributed by atoms with Gasteiger partial charge in [0.2, 0.25) is 0 Å². The molecule has 1 saturated carbocycles. The Morgan fingerprint density at radius 1 is 1.15 bits per heavy atom. The van der Waals surface area contributed by atoms with E-state index in [4.69, 9.17) is 0 Å². The number of fused-ring (bicyclic) bond motifs is 2. The number of rotatable bonds is 3. The van der Waals surface area contributed by atoms with E-state index < -0.39 is 15.4 Å². The van der Waals surface area contributed by atoms with Crippen molar-refractivity contribution in [2.24, 2.45) is 16.5 Å². The third kappa shape index (κ3) is 2.89. The predicted octanol–water partition coefficient (Wildman–Crippen LogP) is 5.99. The second-order valence-electron chi connectivity index (χ2n) is 10.3. The second-order valence-corrected chi connectivity index (χ2v) is 12.2. The summed E-state index contributed by atoms with van der Waals surface area (Å²) in [5.74, 6) is 0.000992. The summed E-state index contributed by atoms with van der Waals surface area (Å²) in [5.41, 5.74) is 3.75. The first-order chi connectivity index (χ1) is 15.6. The third-order valence-electron chi connectivity index (χ3n) is 8.17. The molecule has 2 aromatic carbocycles. The average Bonchev–Trinajstić information content (AvgIpc) is 3.18. The standard InChI is InChI=1S/C27H30N2O3S/c1-6-27(5)15-14-21-24(25(27)28-30)19-16-29(33(31,32)18-12-10-17(2)11-13-18)22-9-7-8-20(23(19)22)26(21,3)4/h6-13,16,21,24,30H,1,14-15H2,2-5H3/t21-,24-,27+/m1/s1. The Labute approximate surface area is 195 Å². The largest absolute Gasteiger partial charge is 0.411 e. The van der Waals surface area contributed by atoms with Crippen LogP contribution in [-0.4, -0.2) is 23.3 Å². The van der Waals surface area contributed by atoms with E-state index in [1.165, 1.54) is 3.97 Å². The maximum atomic E-state index is 13.7. The van der Waals surface area contributed by atoms with Gasteiger partial charge in [0.1, 0.15) is 0 Å². The van der Waals surface area contributed by atoms with Crippen LogP contribution in [0.2, 0.25) is 0 Å². The molecule has 6 heteroatoms. The number of aryl methyl sites for hydroxylation is 1. The minimum Gasteiger partial charge on any atom is -0.411 e. The van der Waals surface area contributed by atoms with Crippen LogP contribution in [0.15, 0.2) is 71.4 Å². The highest BCUT2D eigenvalue weighted by atomic mass is 32.2. The van der Waals surface area contributed by atoms with Gasteiger partial charge in [-0.05, 0) is 60.4 Å². The molecule has 0 amide bonds. The number of nitrogens with zero attached hydrogens (tertiary/aromatic N) is 2. The van der Waals surface area contributed by atoms with Gasteiger partial charge in [0.25, 0.3) is 10.0 Å². The van der Waals surface area contributed by atoms with Gasteiger partial charge in [0.15, 0.2) is 0 Å². The van der Waals surface area contributed by atoms with Crippen molar-refractivity contribution in [1.82, 2.24) is 3.97 Å². The van der Waals surface area contributed by atoms with Gasteiger partial charge >= 0.3 is 0 Å². The summed E-state index contributed by atoms with van der Waals surface area (Å²) in [7, 11) is -3.80. The highest BCUT2D eigenvalue weighted by Crippen LogP contribution is 2.58. The van der Waals surface area contributed by atoms with E-state index in [9.17, 15) is 13.6 Å². The minimum absolute atomic E-state index is 0.186. The van der Waals surface area contributed by atoms with E-state index in [0.29, 0.717) is 11.2 Å². The fraction of sp³-hybridized carbons (Fsp3) is 0.370. The van der Waals surface area contributed by atoms with Crippen LogP contribution >= 0.6 is 0 Å². The fourth-order valence-corrected chi connectivity index (χ4v) is 7.47. The summed E-state index contributed by atoms with van der Waals surface area (Å²) < 4.78 is 28.9. The van der Waals surface area contributed by atoms with Crippen molar-refractivity contribution in [3.8, 4) is 0 Å². The molecule has 1 heterocycles. The zero-order valence-corrected chi connectivity index (χ0v) is 20.4. The molecule has 0 saturated heterocycles. The lowest BCUT2D eigenvalue weighted by atomic mass is 9.52. The number of hydrogen-bond acceptors (Lipinski definition) is 4. The quantitative estimate of drug-likeness (QED) is 0.295. The lowest BCUT2D eigenvalue weighted by Gasteiger charge is -2.51. The number of hydrogen-bond donors (Lipinski definition) is 1. The highest BCUT2D eigenvalue weighted by molar-refractivity contribution is 7.90. The first kappa shape index (κ1) is 22.0. The lowest BCUT2D eigenvalue weighted by molar-refractivity contribution is 0.212. The molecular formula is C27H30N2O3S. The van der Waals surface area contributed by atoms with Gasteiger partial charge in [-0.15, -0.1) is 6.58 Å². The van der Waals surface area contributed by atoms with Crippen LogP contribution < -0.4 is 0 Å². The normalized spacial score (nSPS) is 27.5. The average molecular weight is 463 g/mol. The van der Waals surface area contributed by atoms with Gasteiger partial charge in [0, 0.05) is 22.9 Å². The molecule has 2 aliphatic carbocycles. The first-order valence-corrected chi connectivity index (χ1v) is 12.8. The van der Waals surface area contributed by atoms with Crippen molar-refractivity contribution >= 4 is 26.6 Å². The van der Waals surface area contributed by atoms with E-state index in [0.717, 1.165) is 34.9 Å². The molecule has 1 N–H and O–H groups in total. The van der Waals surface area contributed by atoms with Crippen LogP contribution in [0.5, 0.6) is 0 Å². The van der Waals surface area contributed by atoms with Gasteiger partial charge in [-0.1, -0.05) is 61.8 Å². The fourth-order valence-electron chi connectivity index (χ4n) is 6.10. The van der Waals surface area contributed by atoms with Crippen molar-refractivity contribution in [3.63, 3.8) is 0 Å². The Hall–Kier alpha value is -2.86. The van der Waals surface area contributed by atoms with E-state index in [2.05, 4.69) is 38.6 Å². The number of allylic oxidation sites excluding steroid dienone is 1. The SMILES string of the molecule is C=C[C@@]1(C)CC[C@@H]2[C@H](C1=NO)c1cn(S(=O)(=O)c3ccc(C)cc3)c3cccc(c13)C2(C)C. The lowest BCUT2D eigenvalue weighted by Crippen LogP contribution is -2.48. The Kier molecular flexibility index (Phi) is 4.70. The van der Waals surface area contributed by atoms with E-state index in [1.807, 2.05) is 37.3 Å². The van der Waals surface area contributed by atoms with Crippen LogP contribution in [0.1, 0.15) is 56.2 Å². The molecule has 33 heavy (non-hydrogen) atoms. The van der Waals surface area contributed by atoms with Crippen molar-refractivity contribution in [2.45, 2.75) is 56.8 Å².